The maximum atomic E-state index is 12.2. The highest BCUT2D eigenvalue weighted by Gasteiger charge is 2.14. The van der Waals surface area contributed by atoms with E-state index in [-0.39, 0.29) is 5.78 Å². The molecule has 4 heteroatoms. The average molecular weight is 269 g/mol. The average Bonchev–Trinajstić information content (AvgIpc) is 2.53. The van der Waals surface area contributed by atoms with Crippen LogP contribution in [0.3, 0.4) is 0 Å². The maximum Gasteiger partial charge on any atom is 0.163 e. The van der Waals surface area contributed by atoms with Gasteiger partial charge in [0.25, 0.3) is 0 Å². The summed E-state index contributed by atoms with van der Waals surface area (Å²) in [6.45, 7) is 1.08. The van der Waals surface area contributed by atoms with E-state index in [1.165, 1.54) is 0 Å². The van der Waals surface area contributed by atoms with Gasteiger partial charge < -0.3 is 9.47 Å². The zero-order valence-electron chi connectivity index (χ0n) is 11.0. The molecular formula is C16H15NO3. The number of ketones is 1. The normalized spacial score (nSPS) is 13.0. The predicted molar refractivity (Wildman–Crippen MR) is 74.3 cm³/mol. The van der Waals surface area contributed by atoms with Gasteiger partial charge >= 0.3 is 0 Å². The van der Waals surface area contributed by atoms with Gasteiger partial charge in [0.1, 0.15) is 13.2 Å². The number of pyridine rings is 1. The van der Waals surface area contributed by atoms with E-state index in [0.29, 0.717) is 43.1 Å². The van der Waals surface area contributed by atoms with E-state index in [1.54, 1.807) is 30.6 Å². The van der Waals surface area contributed by atoms with Gasteiger partial charge in [0, 0.05) is 24.4 Å². The molecule has 0 saturated heterocycles. The van der Waals surface area contributed by atoms with E-state index in [2.05, 4.69) is 4.98 Å². The number of aryl methyl sites for hydroxylation is 1. The number of nitrogens with zero attached hydrogens (tertiary/aromatic N) is 1. The lowest BCUT2D eigenvalue weighted by atomic mass is 10.0. The Morgan fingerprint density at radius 2 is 2.00 bits per heavy atom. The molecule has 2 heterocycles. The fourth-order valence-corrected chi connectivity index (χ4v) is 2.17. The zero-order chi connectivity index (χ0) is 13.8. The second kappa shape index (κ2) is 5.74. The van der Waals surface area contributed by atoms with Crippen molar-refractivity contribution in [2.75, 3.05) is 13.2 Å². The molecule has 102 valence electrons. The number of fused-ring (bicyclic) bond motifs is 1. The lowest BCUT2D eigenvalue weighted by molar-refractivity contribution is 0.0981. The van der Waals surface area contributed by atoms with Gasteiger partial charge in [-0.15, -0.1) is 0 Å². The van der Waals surface area contributed by atoms with E-state index in [9.17, 15) is 4.79 Å². The summed E-state index contributed by atoms with van der Waals surface area (Å²) in [5.41, 5.74) is 1.73. The SMILES string of the molecule is O=C(CCc1cccnc1)c1ccc2c(c1)OCCO2. The van der Waals surface area contributed by atoms with Crippen molar-refractivity contribution in [3.8, 4) is 11.5 Å². The van der Waals surface area contributed by atoms with Gasteiger partial charge in [-0.1, -0.05) is 6.07 Å². The van der Waals surface area contributed by atoms with Crippen LogP contribution < -0.4 is 9.47 Å². The number of rotatable bonds is 4. The molecule has 1 aliphatic rings. The first-order chi connectivity index (χ1) is 9.83. The van der Waals surface area contributed by atoms with Crippen molar-refractivity contribution in [1.82, 2.24) is 4.98 Å². The van der Waals surface area contributed by atoms with E-state index in [1.807, 2.05) is 12.1 Å². The van der Waals surface area contributed by atoms with Gasteiger partial charge in [-0.25, -0.2) is 0 Å². The summed E-state index contributed by atoms with van der Waals surface area (Å²) in [7, 11) is 0. The number of carbonyl (C=O) groups excluding carboxylic acids is 1. The van der Waals surface area contributed by atoms with Crippen LogP contribution in [0.2, 0.25) is 0 Å². The summed E-state index contributed by atoms with van der Waals surface area (Å²) in [5.74, 6) is 1.47. The van der Waals surface area contributed by atoms with Crippen molar-refractivity contribution in [2.24, 2.45) is 0 Å². The minimum absolute atomic E-state index is 0.103. The van der Waals surface area contributed by atoms with Crippen LogP contribution in [0.15, 0.2) is 42.7 Å². The minimum Gasteiger partial charge on any atom is -0.486 e. The molecule has 0 aliphatic carbocycles. The van der Waals surface area contributed by atoms with Gasteiger partial charge in [0.05, 0.1) is 0 Å². The number of aromatic nitrogens is 1. The molecule has 0 radical (unpaired) electrons. The molecule has 0 bridgehead atoms. The van der Waals surface area contributed by atoms with Crippen molar-refractivity contribution in [2.45, 2.75) is 12.8 Å². The first-order valence-electron chi connectivity index (χ1n) is 6.65. The lowest BCUT2D eigenvalue weighted by Gasteiger charge is -2.18. The summed E-state index contributed by atoms with van der Waals surface area (Å²) in [5, 5.41) is 0. The Kier molecular flexibility index (Phi) is 3.63. The number of carbonyl (C=O) groups is 1. The largest absolute Gasteiger partial charge is 0.486 e. The van der Waals surface area contributed by atoms with Crippen LogP contribution in [-0.4, -0.2) is 24.0 Å². The van der Waals surface area contributed by atoms with E-state index in [0.717, 1.165) is 5.56 Å². The lowest BCUT2D eigenvalue weighted by Crippen LogP contribution is -2.15. The third-order valence-corrected chi connectivity index (χ3v) is 3.23. The number of Topliss-reactive ketones (excluding diaryl/α,β-unsaturated/α-hetero) is 1. The van der Waals surface area contributed by atoms with Crippen LogP contribution in [0.4, 0.5) is 0 Å². The Hall–Kier alpha value is -2.36. The van der Waals surface area contributed by atoms with Crippen LogP contribution in [0.25, 0.3) is 0 Å². The molecule has 0 fully saturated rings. The molecule has 1 aromatic heterocycles. The van der Waals surface area contributed by atoms with Crippen molar-refractivity contribution < 1.29 is 14.3 Å². The molecule has 1 aliphatic heterocycles. The predicted octanol–water partition coefficient (Wildman–Crippen LogP) is 2.67. The Balaban J connectivity index is 1.68. The fourth-order valence-electron chi connectivity index (χ4n) is 2.17. The van der Waals surface area contributed by atoms with Crippen LogP contribution >= 0.6 is 0 Å². The highest BCUT2D eigenvalue weighted by molar-refractivity contribution is 5.96. The summed E-state index contributed by atoms with van der Waals surface area (Å²) >= 11 is 0. The number of hydrogen-bond donors (Lipinski definition) is 0. The molecule has 1 aromatic carbocycles. The van der Waals surface area contributed by atoms with Crippen molar-refractivity contribution in [3.63, 3.8) is 0 Å². The highest BCUT2D eigenvalue weighted by Crippen LogP contribution is 2.31. The number of ether oxygens (including phenoxy) is 2. The molecule has 0 saturated carbocycles. The molecule has 0 atom stereocenters. The summed E-state index contributed by atoms with van der Waals surface area (Å²) in [4.78, 5) is 16.2. The van der Waals surface area contributed by atoms with Crippen LogP contribution in [0.5, 0.6) is 11.5 Å². The van der Waals surface area contributed by atoms with Crippen molar-refractivity contribution in [1.29, 1.82) is 0 Å². The number of hydrogen-bond acceptors (Lipinski definition) is 4. The molecular weight excluding hydrogens is 254 g/mol. The van der Waals surface area contributed by atoms with Gasteiger partial charge in [0.2, 0.25) is 0 Å². The monoisotopic (exact) mass is 269 g/mol. The Morgan fingerprint density at radius 3 is 2.80 bits per heavy atom. The third kappa shape index (κ3) is 2.79. The highest BCUT2D eigenvalue weighted by atomic mass is 16.6. The van der Waals surface area contributed by atoms with Gasteiger partial charge in [0.15, 0.2) is 17.3 Å². The standard InChI is InChI=1S/C16H15NO3/c18-14(5-3-12-2-1-7-17-11-12)13-4-6-15-16(10-13)20-9-8-19-15/h1-2,4,6-7,10-11H,3,5,8-9H2. The van der Waals surface area contributed by atoms with Crippen molar-refractivity contribution in [3.05, 3.63) is 53.9 Å². The molecule has 20 heavy (non-hydrogen) atoms. The molecule has 0 spiro atoms. The van der Waals surface area contributed by atoms with E-state index >= 15 is 0 Å². The summed E-state index contributed by atoms with van der Waals surface area (Å²) in [6, 6.07) is 9.21. The molecule has 0 unspecified atom stereocenters. The van der Waals surface area contributed by atoms with Gasteiger partial charge in [-0.2, -0.15) is 0 Å². The summed E-state index contributed by atoms with van der Waals surface area (Å²) in [6.07, 6.45) is 4.68. The number of benzene rings is 1. The minimum atomic E-state index is 0.103. The van der Waals surface area contributed by atoms with E-state index in [4.69, 9.17) is 9.47 Å². The molecule has 3 rings (SSSR count). The smallest absolute Gasteiger partial charge is 0.163 e. The van der Waals surface area contributed by atoms with Gasteiger partial charge in [-0.05, 0) is 36.2 Å². The topological polar surface area (TPSA) is 48.4 Å². The quantitative estimate of drug-likeness (QED) is 0.801. The fraction of sp³-hybridized carbons (Fsp3) is 0.250. The summed E-state index contributed by atoms with van der Waals surface area (Å²) < 4.78 is 10.9. The molecule has 0 amide bonds. The molecule has 2 aromatic rings. The Morgan fingerprint density at radius 1 is 1.15 bits per heavy atom. The van der Waals surface area contributed by atoms with Crippen LogP contribution in [0.1, 0.15) is 22.3 Å². The van der Waals surface area contributed by atoms with E-state index < -0.39 is 0 Å². The van der Waals surface area contributed by atoms with Crippen LogP contribution in [0, 0.1) is 0 Å². The van der Waals surface area contributed by atoms with Crippen molar-refractivity contribution >= 4 is 5.78 Å². The third-order valence-electron chi connectivity index (χ3n) is 3.23. The van der Waals surface area contributed by atoms with Gasteiger partial charge in [-0.3, -0.25) is 9.78 Å². The maximum absolute atomic E-state index is 12.2. The Bertz CT molecular complexity index is 610. The second-order valence-corrected chi connectivity index (χ2v) is 4.64. The first-order valence-corrected chi connectivity index (χ1v) is 6.65. The molecule has 0 N–H and O–H groups in total. The zero-order valence-corrected chi connectivity index (χ0v) is 11.0. The second-order valence-electron chi connectivity index (χ2n) is 4.64. The van der Waals surface area contributed by atoms with Crippen LogP contribution in [-0.2, 0) is 6.42 Å². The molecule has 4 nitrogen and oxygen atoms in total. The Labute approximate surface area is 117 Å². The first kappa shape index (κ1) is 12.7.